The van der Waals surface area contributed by atoms with E-state index in [1.54, 1.807) is 14.1 Å². The summed E-state index contributed by atoms with van der Waals surface area (Å²) in [6, 6.07) is 0. The Morgan fingerprint density at radius 2 is 2.08 bits per heavy atom. The highest BCUT2D eigenvalue weighted by Gasteiger charge is 1.82. The minimum atomic E-state index is 0.514. The maximum atomic E-state index is 9.80. The summed E-state index contributed by atoms with van der Waals surface area (Å²) < 4.78 is 0. The summed E-state index contributed by atoms with van der Waals surface area (Å²) in [4.78, 5) is 26.9. The molecule has 0 fully saturated rings. The Balaban J connectivity index is 0.000000217. The zero-order valence-electron chi connectivity index (χ0n) is 7.02. The molecule has 0 aliphatic heterocycles. The first kappa shape index (κ1) is 10.3. The molecular weight excluding hydrogens is 158 g/mol. The first-order valence-corrected chi connectivity index (χ1v) is 3.26. The second-order valence-corrected chi connectivity index (χ2v) is 2.19. The number of aromatic nitrogens is 2. The van der Waals surface area contributed by atoms with Crippen LogP contribution in [-0.4, -0.2) is 41.7 Å². The van der Waals surface area contributed by atoms with E-state index in [1.165, 1.54) is 17.4 Å². The maximum absolute atomic E-state index is 9.80. The lowest BCUT2D eigenvalue weighted by atomic mass is 10.6. The molecule has 0 spiro atoms. The van der Waals surface area contributed by atoms with Crippen molar-refractivity contribution in [2.75, 3.05) is 14.1 Å². The van der Waals surface area contributed by atoms with E-state index in [2.05, 4.69) is 9.97 Å². The van der Waals surface area contributed by atoms with Crippen molar-refractivity contribution in [2.45, 2.75) is 0 Å². The van der Waals surface area contributed by atoms with Gasteiger partial charge in [-0.25, -0.2) is 4.98 Å². The van der Waals surface area contributed by atoms with Crippen molar-refractivity contribution in [1.29, 1.82) is 0 Å². The topological polar surface area (TPSA) is 66.1 Å². The van der Waals surface area contributed by atoms with Gasteiger partial charge in [-0.05, 0) is 0 Å². The molecule has 1 rings (SSSR count). The SMILES string of the molecule is CN(C)C=O.O=Cc1cnc[nH]1. The quantitative estimate of drug-likeness (QED) is 0.630. The van der Waals surface area contributed by atoms with Gasteiger partial charge < -0.3 is 9.88 Å². The van der Waals surface area contributed by atoms with E-state index in [4.69, 9.17) is 0 Å². The predicted octanol–water partition coefficient (Wildman–Crippen LogP) is -0.0734. The average molecular weight is 169 g/mol. The Morgan fingerprint density at radius 3 is 2.25 bits per heavy atom. The highest BCUT2D eigenvalue weighted by atomic mass is 16.1. The number of carbonyl (C=O) groups is 2. The molecule has 0 atom stereocenters. The molecule has 0 unspecified atom stereocenters. The monoisotopic (exact) mass is 169 g/mol. The minimum Gasteiger partial charge on any atom is -0.351 e. The van der Waals surface area contributed by atoms with Gasteiger partial charge in [-0.2, -0.15) is 0 Å². The van der Waals surface area contributed by atoms with Crippen LogP contribution in [0.1, 0.15) is 10.5 Å². The van der Waals surface area contributed by atoms with Crippen molar-refractivity contribution in [3.63, 3.8) is 0 Å². The lowest BCUT2D eigenvalue weighted by molar-refractivity contribution is -0.115. The summed E-state index contributed by atoms with van der Waals surface area (Å²) in [5, 5.41) is 0. The van der Waals surface area contributed by atoms with Crippen molar-refractivity contribution in [1.82, 2.24) is 14.9 Å². The zero-order chi connectivity index (χ0) is 9.40. The third-order valence-corrected chi connectivity index (χ3v) is 0.857. The molecule has 5 heteroatoms. The highest BCUT2D eigenvalue weighted by Crippen LogP contribution is 1.80. The normalized spacial score (nSPS) is 7.83. The fourth-order valence-corrected chi connectivity index (χ4v) is 0.331. The number of aldehydes is 1. The van der Waals surface area contributed by atoms with Gasteiger partial charge in [-0.1, -0.05) is 0 Å². The van der Waals surface area contributed by atoms with E-state index >= 15 is 0 Å². The molecule has 0 radical (unpaired) electrons. The molecule has 1 aromatic rings. The van der Waals surface area contributed by atoms with Crippen LogP contribution in [0.2, 0.25) is 0 Å². The number of imidazole rings is 1. The number of amides is 1. The van der Waals surface area contributed by atoms with E-state index in [-0.39, 0.29) is 0 Å². The van der Waals surface area contributed by atoms with Gasteiger partial charge in [0.05, 0.1) is 18.2 Å². The summed E-state index contributed by atoms with van der Waals surface area (Å²) in [5.41, 5.74) is 0.514. The second-order valence-electron chi connectivity index (χ2n) is 2.19. The van der Waals surface area contributed by atoms with Gasteiger partial charge >= 0.3 is 0 Å². The number of hydrogen-bond acceptors (Lipinski definition) is 3. The van der Waals surface area contributed by atoms with E-state index in [9.17, 15) is 9.59 Å². The van der Waals surface area contributed by atoms with Crippen LogP contribution < -0.4 is 0 Å². The van der Waals surface area contributed by atoms with Gasteiger partial charge in [0.2, 0.25) is 6.41 Å². The predicted molar refractivity (Wildman–Crippen MR) is 43.7 cm³/mol. The molecule has 1 aromatic heterocycles. The number of carbonyl (C=O) groups excluding carboxylic acids is 2. The third kappa shape index (κ3) is 5.16. The van der Waals surface area contributed by atoms with Gasteiger partial charge in [-0.15, -0.1) is 0 Å². The van der Waals surface area contributed by atoms with E-state index in [0.29, 0.717) is 12.0 Å². The Kier molecular flexibility index (Phi) is 5.25. The summed E-state index contributed by atoms with van der Waals surface area (Å²) in [6.45, 7) is 0. The van der Waals surface area contributed by atoms with E-state index in [1.807, 2.05) is 0 Å². The first-order chi connectivity index (χ1) is 5.70. The lowest BCUT2D eigenvalue weighted by Crippen LogP contribution is -2.06. The van der Waals surface area contributed by atoms with E-state index in [0.717, 1.165) is 6.41 Å². The number of nitrogens with one attached hydrogen (secondary N) is 1. The van der Waals surface area contributed by atoms with Gasteiger partial charge in [0.25, 0.3) is 0 Å². The molecule has 0 aliphatic carbocycles. The Hall–Kier alpha value is -1.65. The van der Waals surface area contributed by atoms with Crippen LogP contribution in [0.15, 0.2) is 12.5 Å². The lowest BCUT2D eigenvalue weighted by Gasteiger charge is -1.93. The van der Waals surface area contributed by atoms with Crippen LogP contribution in [0.3, 0.4) is 0 Å². The van der Waals surface area contributed by atoms with Crippen LogP contribution in [0.4, 0.5) is 0 Å². The molecule has 0 aromatic carbocycles. The van der Waals surface area contributed by atoms with Gasteiger partial charge in [0, 0.05) is 14.1 Å². The molecular formula is C7H11N3O2. The summed E-state index contributed by atoms with van der Waals surface area (Å²) in [6.07, 6.45) is 4.39. The third-order valence-electron chi connectivity index (χ3n) is 0.857. The molecule has 0 aliphatic rings. The van der Waals surface area contributed by atoms with E-state index < -0.39 is 0 Å². The molecule has 0 saturated carbocycles. The zero-order valence-corrected chi connectivity index (χ0v) is 7.02. The highest BCUT2D eigenvalue weighted by molar-refractivity contribution is 5.70. The van der Waals surface area contributed by atoms with Crippen LogP contribution in [0.5, 0.6) is 0 Å². The number of nitrogens with zero attached hydrogens (tertiary/aromatic N) is 2. The summed E-state index contributed by atoms with van der Waals surface area (Å²) in [7, 11) is 3.38. The number of hydrogen-bond donors (Lipinski definition) is 1. The fraction of sp³-hybridized carbons (Fsp3) is 0.286. The Morgan fingerprint density at radius 1 is 1.50 bits per heavy atom. The smallest absolute Gasteiger partial charge is 0.209 e. The van der Waals surface area contributed by atoms with Crippen molar-refractivity contribution in [3.05, 3.63) is 18.2 Å². The van der Waals surface area contributed by atoms with Crippen LogP contribution in [0, 0.1) is 0 Å². The van der Waals surface area contributed by atoms with Crippen molar-refractivity contribution >= 4 is 12.7 Å². The molecule has 5 nitrogen and oxygen atoms in total. The number of H-pyrrole nitrogens is 1. The molecule has 1 amide bonds. The maximum Gasteiger partial charge on any atom is 0.209 e. The molecule has 0 bridgehead atoms. The van der Waals surface area contributed by atoms with Crippen LogP contribution in [-0.2, 0) is 4.79 Å². The Bertz CT molecular complexity index is 219. The molecule has 1 N–H and O–H groups in total. The number of aromatic amines is 1. The largest absolute Gasteiger partial charge is 0.351 e. The molecule has 1 heterocycles. The molecule has 0 saturated heterocycles. The van der Waals surface area contributed by atoms with Crippen molar-refractivity contribution < 1.29 is 9.59 Å². The summed E-state index contributed by atoms with van der Waals surface area (Å²) in [5.74, 6) is 0. The van der Waals surface area contributed by atoms with Gasteiger partial charge in [-0.3, -0.25) is 9.59 Å². The number of rotatable bonds is 2. The average Bonchev–Trinajstić information content (AvgIpc) is 2.57. The first-order valence-electron chi connectivity index (χ1n) is 3.26. The minimum absolute atomic E-state index is 0.514. The summed E-state index contributed by atoms with van der Waals surface area (Å²) >= 11 is 0. The van der Waals surface area contributed by atoms with Crippen LogP contribution >= 0.6 is 0 Å². The van der Waals surface area contributed by atoms with Crippen molar-refractivity contribution in [3.8, 4) is 0 Å². The van der Waals surface area contributed by atoms with Gasteiger partial charge in [0.15, 0.2) is 6.29 Å². The second kappa shape index (κ2) is 6.09. The fourth-order valence-electron chi connectivity index (χ4n) is 0.331. The molecule has 66 valence electrons. The van der Waals surface area contributed by atoms with Crippen molar-refractivity contribution in [2.24, 2.45) is 0 Å². The standard InChI is InChI=1S/C4H4N2O.C3H7NO/c7-2-4-1-5-3-6-4;1-4(2)3-5/h1-3H,(H,5,6);3H,1-2H3. The molecule has 12 heavy (non-hydrogen) atoms. The van der Waals surface area contributed by atoms with Gasteiger partial charge in [0.1, 0.15) is 0 Å². The van der Waals surface area contributed by atoms with Crippen LogP contribution in [0.25, 0.3) is 0 Å². The Labute approximate surface area is 70.4 Å².